The van der Waals surface area contributed by atoms with E-state index in [4.69, 9.17) is 33.1 Å². The van der Waals surface area contributed by atoms with Crippen LogP contribution < -0.4 is 32.8 Å². The van der Waals surface area contributed by atoms with Crippen LogP contribution in [-0.4, -0.2) is 119 Å². The molecule has 0 bridgehead atoms. The standard InChI is InChI=1S/C37H76ClN11/c1-13-15-21-41-27-25-33(3,4)47(11)35(7,8)29(27)31-45-32(49(44-24-18-20-40)37(38,46-31)43-23-17-19-39)30-28(42-22-16-14-2)26-34(5,6)48(12)36(30,9)10/h27-30,41-44H,13-26,39-40H2,1-12H3. The Labute approximate surface area is 305 Å². The van der Waals surface area contributed by atoms with Crippen molar-refractivity contribution >= 4 is 23.3 Å². The first-order valence-corrected chi connectivity index (χ1v) is 19.7. The topological polar surface area (TPSA) is 135 Å². The first kappa shape index (κ1) is 42.5. The van der Waals surface area contributed by atoms with Crippen molar-refractivity contribution in [1.29, 1.82) is 0 Å². The van der Waals surface area contributed by atoms with Crippen LogP contribution in [0.1, 0.15) is 121 Å². The Kier molecular flexibility index (Phi) is 15.0. The zero-order valence-electron chi connectivity index (χ0n) is 33.5. The Morgan fingerprint density at radius 2 is 1.18 bits per heavy atom. The quantitative estimate of drug-likeness (QED) is 0.0701. The normalized spacial score (nSPS) is 31.4. The number of hydrogen-bond donors (Lipinski definition) is 6. The van der Waals surface area contributed by atoms with Crippen molar-refractivity contribution in [2.24, 2.45) is 33.3 Å². The molecule has 49 heavy (non-hydrogen) atoms. The minimum atomic E-state index is -1.30. The fourth-order valence-electron chi connectivity index (χ4n) is 8.69. The zero-order valence-corrected chi connectivity index (χ0v) is 34.2. The highest BCUT2D eigenvalue weighted by Gasteiger charge is 2.58. The maximum Gasteiger partial charge on any atom is 0.283 e. The Morgan fingerprint density at radius 1 is 0.714 bits per heavy atom. The molecule has 0 aromatic rings. The van der Waals surface area contributed by atoms with Gasteiger partial charge in [0.05, 0.1) is 11.8 Å². The third-order valence-electron chi connectivity index (χ3n) is 12.1. The predicted octanol–water partition coefficient (Wildman–Crippen LogP) is 4.28. The van der Waals surface area contributed by atoms with Crippen LogP contribution >= 0.6 is 11.6 Å². The Hall–Kier alpha value is -0.890. The lowest BCUT2D eigenvalue weighted by molar-refractivity contribution is -0.0480. The summed E-state index contributed by atoms with van der Waals surface area (Å²) < 4.78 is 0. The third-order valence-corrected chi connectivity index (χ3v) is 12.5. The maximum atomic E-state index is 7.85. The number of unbranched alkanes of at least 4 members (excludes halogenated alkanes) is 2. The SMILES string of the molecule is CCCCNC1CC(C)(C)N(C)C(C)(C)C1C1=NC(Cl)(NCCCN)N(NCCCN)C(C2C(NCCCC)CC(C)(C)N(C)C2(C)C)=N1. The van der Waals surface area contributed by atoms with E-state index in [-0.39, 0.29) is 46.1 Å². The second kappa shape index (κ2) is 17.3. The van der Waals surface area contributed by atoms with Gasteiger partial charge in [-0.3, -0.25) is 15.1 Å². The highest BCUT2D eigenvalue weighted by Crippen LogP contribution is 2.46. The van der Waals surface area contributed by atoms with E-state index in [9.17, 15) is 0 Å². The summed E-state index contributed by atoms with van der Waals surface area (Å²) in [5, 5.41) is 12.4. The molecule has 286 valence electrons. The maximum absolute atomic E-state index is 7.85. The van der Waals surface area contributed by atoms with Crippen LogP contribution in [0, 0.1) is 11.8 Å². The van der Waals surface area contributed by atoms with E-state index in [0.29, 0.717) is 26.2 Å². The predicted molar refractivity (Wildman–Crippen MR) is 210 cm³/mol. The summed E-state index contributed by atoms with van der Waals surface area (Å²) in [6.07, 6.45) is 8.08. The van der Waals surface area contributed by atoms with Crippen LogP contribution in [0.15, 0.2) is 9.98 Å². The number of nitrogens with one attached hydrogen (secondary N) is 4. The molecule has 3 aliphatic rings. The van der Waals surface area contributed by atoms with Gasteiger partial charge in [-0.2, -0.15) is 0 Å². The summed E-state index contributed by atoms with van der Waals surface area (Å²) in [5.74, 6) is 1.72. The van der Waals surface area contributed by atoms with Crippen LogP contribution in [0.5, 0.6) is 0 Å². The molecule has 0 saturated carbocycles. The molecule has 0 amide bonds. The first-order valence-electron chi connectivity index (χ1n) is 19.4. The molecule has 3 aliphatic heterocycles. The van der Waals surface area contributed by atoms with Gasteiger partial charge in [0.1, 0.15) is 11.7 Å². The van der Waals surface area contributed by atoms with E-state index in [0.717, 1.165) is 76.1 Å². The number of aliphatic imine (C=N–C) groups is 2. The highest BCUT2D eigenvalue weighted by atomic mass is 35.5. The minimum absolute atomic E-state index is 0.0000603. The second-order valence-electron chi connectivity index (χ2n) is 17.2. The van der Waals surface area contributed by atoms with Gasteiger partial charge >= 0.3 is 0 Å². The minimum Gasteiger partial charge on any atom is -0.330 e. The lowest BCUT2D eigenvalue weighted by Gasteiger charge is -2.60. The molecule has 0 radical (unpaired) electrons. The summed E-state index contributed by atoms with van der Waals surface area (Å²) in [6.45, 7) is 27.7. The van der Waals surface area contributed by atoms with Crippen LogP contribution in [0.2, 0.25) is 0 Å². The number of hydrazine groups is 1. The largest absolute Gasteiger partial charge is 0.330 e. The first-order chi connectivity index (χ1) is 22.9. The molecule has 2 saturated heterocycles. The molecule has 0 aromatic heterocycles. The molecule has 3 heterocycles. The Balaban J connectivity index is 2.32. The third kappa shape index (κ3) is 9.38. The Morgan fingerprint density at radius 3 is 1.67 bits per heavy atom. The number of nitrogens with two attached hydrogens (primary N) is 2. The molecule has 5 atom stereocenters. The summed E-state index contributed by atoms with van der Waals surface area (Å²) in [4.78, 5) is 16.3. The van der Waals surface area contributed by atoms with Crippen LogP contribution in [0.4, 0.5) is 0 Å². The van der Waals surface area contributed by atoms with Gasteiger partial charge in [-0.25, -0.2) is 20.4 Å². The number of amidine groups is 2. The summed E-state index contributed by atoms with van der Waals surface area (Å²) in [7, 11) is 4.52. The van der Waals surface area contributed by atoms with Crippen molar-refractivity contribution in [2.75, 3.05) is 53.4 Å². The van der Waals surface area contributed by atoms with Gasteiger partial charge in [0.25, 0.3) is 5.25 Å². The van der Waals surface area contributed by atoms with Crippen LogP contribution in [0.25, 0.3) is 0 Å². The monoisotopic (exact) mass is 710 g/mol. The number of piperidine rings is 2. The van der Waals surface area contributed by atoms with Gasteiger partial charge in [-0.1, -0.05) is 38.3 Å². The fraction of sp³-hybridized carbons (Fsp3) is 0.946. The average molecular weight is 711 g/mol. The van der Waals surface area contributed by atoms with Crippen molar-refractivity contribution in [2.45, 2.75) is 160 Å². The molecule has 0 spiro atoms. The zero-order chi connectivity index (χ0) is 36.8. The molecular formula is C37H76ClN11. The average Bonchev–Trinajstić information content (AvgIpc) is 3.00. The molecule has 8 N–H and O–H groups in total. The highest BCUT2D eigenvalue weighted by molar-refractivity contribution is 6.26. The van der Waals surface area contributed by atoms with Crippen molar-refractivity contribution in [3.05, 3.63) is 0 Å². The Bertz CT molecular complexity index is 1110. The molecule has 0 aliphatic carbocycles. The van der Waals surface area contributed by atoms with Gasteiger partial charge in [0.15, 0.2) is 0 Å². The van der Waals surface area contributed by atoms with Gasteiger partial charge < -0.3 is 22.1 Å². The van der Waals surface area contributed by atoms with E-state index in [1.54, 1.807) is 0 Å². The fourth-order valence-corrected chi connectivity index (χ4v) is 9.02. The second-order valence-corrected chi connectivity index (χ2v) is 17.8. The number of alkyl halides is 1. The van der Waals surface area contributed by atoms with Crippen molar-refractivity contribution < 1.29 is 0 Å². The number of halogens is 1. The molecule has 5 unspecified atom stereocenters. The van der Waals surface area contributed by atoms with E-state index in [1.165, 1.54) is 0 Å². The van der Waals surface area contributed by atoms with Crippen molar-refractivity contribution in [3.63, 3.8) is 0 Å². The lowest BCUT2D eigenvalue weighted by Crippen LogP contribution is -2.75. The van der Waals surface area contributed by atoms with Gasteiger partial charge in [0.2, 0.25) is 0 Å². The number of likely N-dealkylation sites (tertiary alicyclic amines) is 2. The van der Waals surface area contributed by atoms with E-state index >= 15 is 0 Å². The van der Waals surface area contributed by atoms with E-state index in [1.807, 2.05) is 5.01 Å². The van der Waals surface area contributed by atoms with E-state index in [2.05, 4.69) is 115 Å². The van der Waals surface area contributed by atoms with Gasteiger partial charge in [-0.15, -0.1) is 0 Å². The van der Waals surface area contributed by atoms with E-state index < -0.39 is 5.25 Å². The number of rotatable bonds is 18. The van der Waals surface area contributed by atoms with Gasteiger partial charge in [0, 0.05) is 47.3 Å². The molecule has 11 nitrogen and oxygen atoms in total. The molecular weight excluding hydrogens is 634 g/mol. The van der Waals surface area contributed by atoms with Crippen molar-refractivity contribution in [3.8, 4) is 0 Å². The molecule has 12 heteroatoms. The van der Waals surface area contributed by atoms with Crippen LogP contribution in [-0.2, 0) is 0 Å². The summed E-state index contributed by atoms with van der Waals surface area (Å²) >= 11 is 7.85. The van der Waals surface area contributed by atoms with Gasteiger partial charge in [-0.05, 0) is 134 Å². The molecule has 2 fully saturated rings. The van der Waals surface area contributed by atoms with Crippen molar-refractivity contribution in [1.82, 2.24) is 36.2 Å². The number of nitrogens with zero attached hydrogens (tertiary/aromatic N) is 5. The molecule has 0 aromatic carbocycles. The lowest BCUT2D eigenvalue weighted by atomic mass is 9.68. The molecule has 3 rings (SSSR count). The number of hydrogen-bond acceptors (Lipinski definition) is 11. The van der Waals surface area contributed by atoms with Crippen LogP contribution in [0.3, 0.4) is 0 Å². The summed E-state index contributed by atoms with van der Waals surface area (Å²) in [5.41, 5.74) is 15.1. The summed E-state index contributed by atoms with van der Waals surface area (Å²) in [6, 6.07) is 0.353. The smallest absolute Gasteiger partial charge is 0.283 e.